The molecule has 0 aromatic heterocycles. The van der Waals surface area contributed by atoms with Crippen LogP contribution in [-0.4, -0.2) is 33.8 Å². The standard InChI is InChI=1S/C19H32O3S/c1-2-3-8-13-18(20)14-9-4-6-11-16-23-17-12-7-5-10-15-19(21)22/h4,6-7,9,12,14,18,20H,2-3,5,8,10-11,13,15-17H2,1H3,(H,21,22)/b6-4-,12-7-,14-9+/t18-/m0/s1. The maximum absolute atomic E-state index is 10.3. The van der Waals surface area contributed by atoms with Crippen LogP contribution < -0.4 is 0 Å². The average Bonchev–Trinajstić information content (AvgIpc) is 2.51. The lowest BCUT2D eigenvalue weighted by Crippen LogP contribution is -2.00. The van der Waals surface area contributed by atoms with Gasteiger partial charge in [0.05, 0.1) is 6.10 Å². The van der Waals surface area contributed by atoms with E-state index in [4.69, 9.17) is 5.11 Å². The molecule has 0 aromatic carbocycles. The molecule has 23 heavy (non-hydrogen) atoms. The molecule has 0 heterocycles. The van der Waals surface area contributed by atoms with E-state index in [0.29, 0.717) is 0 Å². The molecule has 2 N–H and O–H groups in total. The number of allylic oxidation sites excluding steroid dienone is 4. The van der Waals surface area contributed by atoms with Crippen LogP contribution in [0.4, 0.5) is 0 Å². The number of hydrogen-bond acceptors (Lipinski definition) is 3. The number of rotatable bonds is 15. The normalized spacial score (nSPS) is 13.5. The first kappa shape index (κ1) is 22.0. The third-order valence-electron chi connectivity index (χ3n) is 3.25. The molecule has 1 atom stereocenters. The summed E-state index contributed by atoms with van der Waals surface area (Å²) in [6.45, 7) is 2.16. The van der Waals surface area contributed by atoms with Crippen LogP contribution in [0.3, 0.4) is 0 Å². The van der Waals surface area contributed by atoms with Crippen molar-refractivity contribution in [1.82, 2.24) is 0 Å². The van der Waals surface area contributed by atoms with Crippen molar-refractivity contribution in [2.45, 2.75) is 64.4 Å². The number of unbranched alkanes of at least 4 members (excludes halogenated alkanes) is 3. The van der Waals surface area contributed by atoms with Crippen molar-refractivity contribution >= 4 is 17.7 Å². The molecule has 0 rings (SSSR count). The fourth-order valence-electron chi connectivity index (χ4n) is 1.93. The van der Waals surface area contributed by atoms with Gasteiger partial charge in [0.1, 0.15) is 0 Å². The van der Waals surface area contributed by atoms with Crippen molar-refractivity contribution < 1.29 is 15.0 Å². The van der Waals surface area contributed by atoms with Gasteiger partial charge in [-0.15, -0.1) is 0 Å². The Bertz CT molecular complexity index is 362. The minimum atomic E-state index is -0.720. The minimum absolute atomic E-state index is 0.253. The summed E-state index contributed by atoms with van der Waals surface area (Å²) in [6, 6.07) is 0. The fourth-order valence-corrected chi connectivity index (χ4v) is 2.67. The molecule has 0 unspecified atom stereocenters. The Morgan fingerprint density at radius 1 is 1.09 bits per heavy atom. The van der Waals surface area contributed by atoms with E-state index in [-0.39, 0.29) is 12.5 Å². The third kappa shape index (κ3) is 19.0. The molecule has 0 aliphatic carbocycles. The highest BCUT2D eigenvalue weighted by Gasteiger charge is 1.96. The van der Waals surface area contributed by atoms with Crippen LogP contribution in [-0.2, 0) is 4.79 Å². The molecule has 0 amide bonds. The highest BCUT2D eigenvalue weighted by Crippen LogP contribution is 2.06. The summed E-state index contributed by atoms with van der Waals surface area (Å²) in [5, 5.41) is 18.2. The molecule has 3 nitrogen and oxygen atoms in total. The van der Waals surface area contributed by atoms with Gasteiger partial charge < -0.3 is 10.2 Å². The number of hydrogen-bond donors (Lipinski definition) is 2. The second-order valence-electron chi connectivity index (χ2n) is 5.50. The summed E-state index contributed by atoms with van der Waals surface area (Å²) >= 11 is 1.87. The lowest BCUT2D eigenvalue weighted by Gasteiger charge is -2.03. The highest BCUT2D eigenvalue weighted by molar-refractivity contribution is 7.99. The van der Waals surface area contributed by atoms with Crippen molar-refractivity contribution in [1.29, 1.82) is 0 Å². The summed E-state index contributed by atoms with van der Waals surface area (Å²) in [6.07, 6.45) is 18.9. The molecule has 0 saturated carbocycles. The molecule has 0 saturated heterocycles. The van der Waals surface area contributed by atoms with Crippen LogP contribution in [0.15, 0.2) is 36.5 Å². The second kappa shape index (κ2) is 17.4. The zero-order valence-corrected chi connectivity index (χ0v) is 15.1. The Kier molecular flexibility index (Phi) is 16.6. The van der Waals surface area contributed by atoms with Gasteiger partial charge in [-0.25, -0.2) is 0 Å². The fraction of sp³-hybridized carbons (Fsp3) is 0.632. The van der Waals surface area contributed by atoms with E-state index in [1.54, 1.807) is 0 Å². The molecule has 0 aliphatic rings. The first-order valence-electron chi connectivity index (χ1n) is 8.62. The van der Waals surface area contributed by atoms with Crippen molar-refractivity contribution in [2.75, 3.05) is 11.5 Å². The molecular formula is C19H32O3S. The Balaban J connectivity index is 3.43. The summed E-state index contributed by atoms with van der Waals surface area (Å²) in [4.78, 5) is 10.3. The molecule has 4 heteroatoms. The van der Waals surface area contributed by atoms with E-state index in [1.807, 2.05) is 30.0 Å². The van der Waals surface area contributed by atoms with Crippen LogP contribution in [0.5, 0.6) is 0 Å². The molecule has 0 fully saturated rings. The molecule has 0 radical (unpaired) electrons. The van der Waals surface area contributed by atoms with E-state index in [9.17, 15) is 9.90 Å². The summed E-state index contributed by atoms with van der Waals surface area (Å²) < 4.78 is 0. The van der Waals surface area contributed by atoms with Gasteiger partial charge in [0.25, 0.3) is 0 Å². The SMILES string of the molecule is CCCCC[C@H](O)/C=C/C=C\CCSC/C=C\CCCC(=O)O. The van der Waals surface area contributed by atoms with Crippen LogP contribution in [0, 0.1) is 0 Å². The number of carboxylic acids is 1. The first-order valence-corrected chi connectivity index (χ1v) is 9.78. The Labute approximate surface area is 145 Å². The van der Waals surface area contributed by atoms with E-state index in [2.05, 4.69) is 25.2 Å². The number of carboxylic acid groups (broad SMARTS) is 1. The lowest BCUT2D eigenvalue weighted by molar-refractivity contribution is -0.137. The predicted octanol–water partition coefficient (Wildman–Crippen LogP) is 4.97. The highest BCUT2D eigenvalue weighted by atomic mass is 32.2. The van der Waals surface area contributed by atoms with Gasteiger partial charge in [-0.3, -0.25) is 4.79 Å². The molecule has 0 aromatic rings. The Hall–Kier alpha value is -1.00. The van der Waals surface area contributed by atoms with Gasteiger partial charge in [0, 0.05) is 12.2 Å². The van der Waals surface area contributed by atoms with Crippen LogP contribution in [0.1, 0.15) is 58.3 Å². The maximum Gasteiger partial charge on any atom is 0.303 e. The van der Waals surface area contributed by atoms with E-state index in [0.717, 1.165) is 43.6 Å². The van der Waals surface area contributed by atoms with E-state index >= 15 is 0 Å². The van der Waals surface area contributed by atoms with Crippen LogP contribution >= 0.6 is 11.8 Å². The summed E-state index contributed by atoms with van der Waals surface area (Å²) in [5.41, 5.74) is 0. The topological polar surface area (TPSA) is 57.5 Å². The monoisotopic (exact) mass is 340 g/mol. The Morgan fingerprint density at radius 3 is 2.65 bits per heavy atom. The van der Waals surface area contributed by atoms with E-state index < -0.39 is 5.97 Å². The molecule has 0 bridgehead atoms. The zero-order chi connectivity index (χ0) is 17.2. The summed E-state index contributed by atoms with van der Waals surface area (Å²) in [5.74, 6) is 1.33. The molecular weight excluding hydrogens is 308 g/mol. The summed E-state index contributed by atoms with van der Waals surface area (Å²) in [7, 11) is 0. The number of thioether (sulfide) groups is 1. The van der Waals surface area contributed by atoms with Crippen molar-refractivity contribution in [3.63, 3.8) is 0 Å². The van der Waals surface area contributed by atoms with Crippen molar-refractivity contribution in [3.05, 3.63) is 36.5 Å². The molecule has 132 valence electrons. The second-order valence-corrected chi connectivity index (χ2v) is 6.65. The smallest absolute Gasteiger partial charge is 0.303 e. The Morgan fingerprint density at radius 2 is 1.91 bits per heavy atom. The van der Waals surface area contributed by atoms with Gasteiger partial charge in [-0.1, -0.05) is 62.6 Å². The lowest BCUT2D eigenvalue weighted by atomic mass is 10.1. The van der Waals surface area contributed by atoms with Crippen LogP contribution in [0.2, 0.25) is 0 Å². The molecule has 0 spiro atoms. The van der Waals surface area contributed by atoms with Gasteiger partial charge >= 0.3 is 5.97 Å². The quantitative estimate of drug-likeness (QED) is 0.251. The van der Waals surface area contributed by atoms with Crippen molar-refractivity contribution in [2.24, 2.45) is 0 Å². The first-order chi connectivity index (χ1) is 11.2. The van der Waals surface area contributed by atoms with Gasteiger partial charge in [0.15, 0.2) is 0 Å². The van der Waals surface area contributed by atoms with Gasteiger partial charge in [-0.2, -0.15) is 11.8 Å². The van der Waals surface area contributed by atoms with E-state index in [1.165, 1.54) is 12.8 Å². The zero-order valence-electron chi connectivity index (χ0n) is 14.3. The van der Waals surface area contributed by atoms with Gasteiger partial charge in [0.2, 0.25) is 0 Å². The predicted molar refractivity (Wildman–Crippen MR) is 101 cm³/mol. The third-order valence-corrected chi connectivity index (χ3v) is 4.21. The van der Waals surface area contributed by atoms with Crippen LogP contribution in [0.25, 0.3) is 0 Å². The maximum atomic E-state index is 10.3. The largest absolute Gasteiger partial charge is 0.481 e. The van der Waals surface area contributed by atoms with Gasteiger partial charge in [-0.05, 0) is 31.4 Å². The number of aliphatic hydroxyl groups is 1. The number of carbonyl (C=O) groups is 1. The minimum Gasteiger partial charge on any atom is -0.481 e. The number of aliphatic hydroxyl groups excluding tert-OH is 1. The molecule has 0 aliphatic heterocycles. The average molecular weight is 341 g/mol. The number of aliphatic carboxylic acids is 1. The van der Waals surface area contributed by atoms with Crippen molar-refractivity contribution in [3.8, 4) is 0 Å².